The van der Waals surface area contributed by atoms with Crippen LogP contribution in [0, 0.1) is 0 Å². The summed E-state index contributed by atoms with van der Waals surface area (Å²) in [5.41, 5.74) is 2.67. The molecule has 6 heteroatoms. The molecule has 0 bridgehead atoms. The molecule has 1 heterocycles. The lowest BCUT2D eigenvalue weighted by molar-refractivity contribution is -0.156. The largest absolute Gasteiger partial charge is 0.497 e. The lowest BCUT2D eigenvalue weighted by Gasteiger charge is -2.37. The van der Waals surface area contributed by atoms with Gasteiger partial charge < -0.3 is 9.47 Å². The zero-order valence-electron chi connectivity index (χ0n) is 23.6. The van der Waals surface area contributed by atoms with Crippen LogP contribution in [0.15, 0.2) is 72.8 Å². The molecule has 0 amide bonds. The van der Waals surface area contributed by atoms with E-state index in [4.69, 9.17) is 14.5 Å². The minimum atomic E-state index is -1.66. The molecular weight excluding hydrogens is 476 g/mol. The zero-order valence-corrected chi connectivity index (χ0v) is 24.6. The highest BCUT2D eigenvalue weighted by molar-refractivity contribution is 6.88. The summed E-state index contributed by atoms with van der Waals surface area (Å²) >= 11 is 0. The topological polar surface area (TPSA) is 51.7 Å². The molecule has 2 atom stereocenters. The number of aromatic nitrogens is 1. The second-order valence-electron chi connectivity index (χ2n) is 11.6. The first-order valence-electron chi connectivity index (χ1n) is 13.0. The Morgan fingerprint density at radius 1 is 0.946 bits per heavy atom. The molecule has 2 aromatic carbocycles. The number of nitrogens with zero attached hydrogens (tertiary/aromatic N) is 2. The summed E-state index contributed by atoms with van der Waals surface area (Å²) in [6.45, 7) is 15.5. The first kappa shape index (κ1) is 28.6. The van der Waals surface area contributed by atoms with Crippen molar-refractivity contribution in [2.24, 2.45) is 0 Å². The average Bonchev–Trinajstić information content (AvgIpc) is 2.85. The predicted molar refractivity (Wildman–Crippen MR) is 154 cm³/mol. The number of hydrogen-bond donors (Lipinski definition) is 0. The fraction of sp³-hybridized carbons (Fsp3) is 0.419. The van der Waals surface area contributed by atoms with E-state index in [1.165, 1.54) is 5.56 Å². The van der Waals surface area contributed by atoms with E-state index in [0.717, 1.165) is 22.3 Å². The van der Waals surface area contributed by atoms with Crippen molar-refractivity contribution in [2.45, 2.75) is 78.0 Å². The molecule has 5 nitrogen and oxygen atoms in total. The maximum Gasteiger partial charge on any atom is 0.308 e. The smallest absolute Gasteiger partial charge is 0.308 e. The maximum atomic E-state index is 13.2. The van der Waals surface area contributed by atoms with Crippen molar-refractivity contribution in [3.63, 3.8) is 0 Å². The Hall–Kier alpha value is -2.96. The number of carbonyl (C=O) groups is 1. The van der Waals surface area contributed by atoms with Crippen molar-refractivity contribution in [3.8, 4) is 5.75 Å². The molecule has 0 aliphatic heterocycles. The molecule has 0 spiro atoms. The Bertz CT molecular complexity index is 1150. The molecule has 0 saturated heterocycles. The molecule has 37 heavy (non-hydrogen) atoms. The molecule has 0 aliphatic carbocycles. The Balaban J connectivity index is 2.10. The van der Waals surface area contributed by atoms with Crippen molar-refractivity contribution >= 4 is 19.4 Å². The van der Waals surface area contributed by atoms with Crippen molar-refractivity contribution in [3.05, 3.63) is 89.6 Å². The summed E-state index contributed by atoms with van der Waals surface area (Å²) in [5.74, 6) is 0.595. The van der Waals surface area contributed by atoms with Crippen LogP contribution in [-0.4, -0.2) is 36.6 Å². The molecule has 1 aromatic heterocycles. The Labute approximate surface area is 223 Å². The van der Waals surface area contributed by atoms with Crippen LogP contribution in [-0.2, 0) is 16.1 Å². The van der Waals surface area contributed by atoms with Crippen LogP contribution in [0.2, 0.25) is 19.6 Å². The van der Waals surface area contributed by atoms with Crippen LogP contribution >= 0.6 is 0 Å². The zero-order chi connectivity index (χ0) is 27.2. The molecule has 3 rings (SSSR count). The summed E-state index contributed by atoms with van der Waals surface area (Å²) in [4.78, 5) is 20.8. The number of ether oxygens (including phenoxy) is 2. The standard InChI is InChI=1S/C31H42N2O3Si/c1-23(25-17-19-26(35-5)20-18-25)33(22-24-13-10-9-11-14-24)28(21-30(34)36-31(2,3)4)27-15-12-16-29(32-27)37(6,7)8/h9-20,23,28H,21-22H2,1-8H3/t23-,28+/m1/s1. The SMILES string of the molecule is COc1ccc([C@@H](C)N(Cc2ccccc2)[C@@H](CC(=O)OC(C)(C)C)c2cccc([Si](C)(C)C)n2)cc1. The minimum absolute atomic E-state index is 0.0101. The molecule has 0 N–H and O–H groups in total. The Kier molecular flexibility index (Phi) is 9.32. The Morgan fingerprint density at radius 3 is 2.16 bits per heavy atom. The van der Waals surface area contributed by atoms with Gasteiger partial charge in [-0.3, -0.25) is 14.7 Å². The van der Waals surface area contributed by atoms with E-state index in [1.807, 2.05) is 39.0 Å². The van der Waals surface area contributed by atoms with Gasteiger partial charge in [0.15, 0.2) is 0 Å². The van der Waals surface area contributed by atoms with E-state index in [0.29, 0.717) is 6.54 Å². The summed E-state index contributed by atoms with van der Waals surface area (Å²) in [6, 6.07) is 24.6. The maximum absolute atomic E-state index is 13.2. The molecule has 3 aromatic rings. The van der Waals surface area contributed by atoms with Crippen molar-refractivity contribution in [1.82, 2.24) is 9.88 Å². The van der Waals surface area contributed by atoms with Crippen LogP contribution < -0.4 is 10.1 Å². The minimum Gasteiger partial charge on any atom is -0.497 e. The third-order valence-corrected chi connectivity index (χ3v) is 8.18. The van der Waals surface area contributed by atoms with Crippen LogP contribution in [0.3, 0.4) is 0 Å². The van der Waals surface area contributed by atoms with Crippen LogP contribution in [0.5, 0.6) is 5.75 Å². The fourth-order valence-corrected chi connectivity index (χ4v) is 5.43. The van der Waals surface area contributed by atoms with E-state index in [9.17, 15) is 4.79 Å². The quantitative estimate of drug-likeness (QED) is 0.222. The van der Waals surface area contributed by atoms with Crippen molar-refractivity contribution in [2.75, 3.05) is 7.11 Å². The van der Waals surface area contributed by atoms with E-state index >= 15 is 0 Å². The van der Waals surface area contributed by atoms with Gasteiger partial charge in [-0.05, 0) is 63.1 Å². The highest BCUT2D eigenvalue weighted by atomic mass is 28.3. The van der Waals surface area contributed by atoms with Gasteiger partial charge in [0.2, 0.25) is 0 Å². The monoisotopic (exact) mass is 518 g/mol. The summed E-state index contributed by atoms with van der Waals surface area (Å²) < 4.78 is 11.2. The first-order chi connectivity index (χ1) is 17.4. The normalized spacial score (nSPS) is 13.8. The number of carbonyl (C=O) groups excluding carboxylic acids is 1. The highest BCUT2D eigenvalue weighted by Gasteiger charge is 2.32. The van der Waals surface area contributed by atoms with Gasteiger partial charge in [0.1, 0.15) is 19.4 Å². The van der Waals surface area contributed by atoms with Gasteiger partial charge in [-0.25, -0.2) is 0 Å². The lowest BCUT2D eigenvalue weighted by Crippen LogP contribution is -2.42. The number of methoxy groups -OCH3 is 1. The molecule has 0 unspecified atom stereocenters. The van der Waals surface area contributed by atoms with Crippen LogP contribution in [0.4, 0.5) is 0 Å². The molecule has 198 valence electrons. The molecule has 0 fully saturated rings. The van der Waals surface area contributed by atoms with E-state index in [1.54, 1.807) is 7.11 Å². The summed E-state index contributed by atoms with van der Waals surface area (Å²) in [7, 11) is 0.0158. The third-order valence-electron chi connectivity index (χ3n) is 6.36. The highest BCUT2D eigenvalue weighted by Crippen LogP contribution is 2.35. The Morgan fingerprint density at radius 2 is 1.59 bits per heavy atom. The van der Waals surface area contributed by atoms with Gasteiger partial charge in [-0.2, -0.15) is 0 Å². The third kappa shape index (κ3) is 8.27. The van der Waals surface area contributed by atoms with Crippen molar-refractivity contribution < 1.29 is 14.3 Å². The fourth-order valence-electron chi connectivity index (χ4n) is 4.37. The van der Waals surface area contributed by atoms with Gasteiger partial charge in [0.25, 0.3) is 0 Å². The average molecular weight is 519 g/mol. The van der Waals surface area contributed by atoms with E-state index < -0.39 is 13.7 Å². The van der Waals surface area contributed by atoms with Crippen LogP contribution in [0.1, 0.15) is 63.0 Å². The van der Waals surface area contributed by atoms with Crippen molar-refractivity contribution in [1.29, 1.82) is 0 Å². The van der Waals surface area contributed by atoms with E-state index in [-0.39, 0.29) is 24.5 Å². The molecule has 0 saturated carbocycles. The predicted octanol–water partition coefficient (Wildman–Crippen LogP) is 6.67. The van der Waals surface area contributed by atoms with Crippen LogP contribution in [0.25, 0.3) is 0 Å². The van der Waals surface area contributed by atoms with Gasteiger partial charge in [-0.1, -0.05) is 68.2 Å². The van der Waals surface area contributed by atoms with Gasteiger partial charge >= 0.3 is 5.97 Å². The van der Waals surface area contributed by atoms with Gasteiger partial charge in [-0.15, -0.1) is 0 Å². The molecule has 0 radical (unpaired) electrons. The summed E-state index contributed by atoms with van der Waals surface area (Å²) in [6.07, 6.45) is 0.215. The number of hydrogen-bond acceptors (Lipinski definition) is 5. The number of pyridine rings is 1. The number of esters is 1. The second kappa shape index (κ2) is 12.1. The van der Waals surface area contributed by atoms with Gasteiger partial charge in [0, 0.05) is 17.9 Å². The summed E-state index contributed by atoms with van der Waals surface area (Å²) in [5, 5.41) is 1.14. The molecule has 0 aliphatic rings. The first-order valence-corrected chi connectivity index (χ1v) is 16.5. The van der Waals surface area contributed by atoms with Gasteiger partial charge in [0.05, 0.1) is 25.3 Å². The number of benzene rings is 2. The van der Waals surface area contributed by atoms with E-state index in [2.05, 4.69) is 86.1 Å². The lowest BCUT2D eigenvalue weighted by atomic mass is 9.99. The second-order valence-corrected chi connectivity index (χ2v) is 16.6. The number of rotatable bonds is 10. The molecular formula is C31H42N2O3Si.